The molecule has 6 rings (SSSR count). The van der Waals surface area contributed by atoms with Crippen LogP contribution < -0.4 is 20.7 Å². The van der Waals surface area contributed by atoms with Gasteiger partial charge in [0.2, 0.25) is 11.8 Å². The number of methoxy groups -OCH3 is 1. The molecule has 9 nitrogen and oxygen atoms in total. The lowest BCUT2D eigenvalue weighted by Crippen LogP contribution is -2.35. The number of aromatic nitrogens is 3. The zero-order chi connectivity index (χ0) is 29.1. The van der Waals surface area contributed by atoms with Crippen LogP contribution in [0.3, 0.4) is 0 Å². The fraction of sp³-hybridized carbons (Fsp3) is 0.406. The van der Waals surface area contributed by atoms with Crippen LogP contribution in [0.25, 0.3) is 33.5 Å². The fourth-order valence-electron chi connectivity index (χ4n) is 5.87. The number of hydrogen-bond acceptors (Lipinski definition) is 7. The van der Waals surface area contributed by atoms with Gasteiger partial charge in [0.25, 0.3) is 0 Å². The predicted molar refractivity (Wildman–Crippen MR) is 164 cm³/mol. The number of benzene rings is 1. The van der Waals surface area contributed by atoms with Crippen molar-refractivity contribution in [1.29, 1.82) is 0 Å². The summed E-state index contributed by atoms with van der Waals surface area (Å²) in [5.74, 6) is 0.659. The molecule has 0 unspecified atom stereocenters. The normalized spacial score (nSPS) is 18.6. The highest BCUT2D eigenvalue weighted by molar-refractivity contribution is 6.36. The van der Waals surface area contributed by atoms with Crippen LogP contribution in [0.4, 0.5) is 0 Å². The first-order valence-electron chi connectivity index (χ1n) is 14.6. The number of halogens is 1. The number of nitrogens with one attached hydrogen (secondary N) is 3. The van der Waals surface area contributed by atoms with Gasteiger partial charge in [0, 0.05) is 80.6 Å². The number of pyridine rings is 2. The number of rotatable bonds is 11. The number of amides is 1. The maximum atomic E-state index is 11.5. The lowest BCUT2D eigenvalue weighted by molar-refractivity contribution is -0.119. The topological polar surface area (TPSA) is 102 Å². The minimum absolute atomic E-state index is 0.117. The average Bonchev–Trinajstić information content (AvgIpc) is 3.74. The minimum Gasteiger partial charge on any atom is -0.481 e. The van der Waals surface area contributed by atoms with E-state index >= 15 is 0 Å². The van der Waals surface area contributed by atoms with Crippen molar-refractivity contribution in [3.8, 4) is 28.4 Å². The number of fused-ring (bicyclic) bond motifs is 1. The SMILES string of the molecule is COc1nc(-c2cccc(-c3ccc4c(CNC[C@@H]5CCCO5)cn(C)c4n3)c2Cl)ccc1CNC[C@@H]1CCC(=O)N1. The van der Waals surface area contributed by atoms with Gasteiger partial charge in [0.1, 0.15) is 5.65 Å². The number of carbonyl (C=O) groups excluding carboxylic acids is 1. The highest BCUT2D eigenvalue weighted by atomic mass is 35.5. The van der Waals surface area contributed by atoms with E-state index in [4.69, 9.17) is 31.0 Å². The van der Waals surface area contributed by atoms with Crippen LogP contribution >= 0.6 is 11.6 Å². The molecule has 2 fully saturated rings. The summed E-state index contributed by atoms with van der Waals surface area (Å²) in [6, 6.07) is 14.2. The minimum atomic E-state index is 0.117. The molecule has 10 heteroatoms. The Bertz CT molecular complexity index is 1580. The Morgan fingerprint density at radius 1 is 1.02 bits per heavy atom. The molecule has 0 aliphatic carbocycles. The molecule has 2 atom stereocenters. The molecule has 5 heterocycles. The number of hydrogen-bond donors (Lipinski definition) is 3. The zero-order valence-electron chi connectivity index (χ0n) is 24.1. The molecule has 220 valence electrons. The molecule has 0 bridgehead atoms. The monoisotopic (exact) mass is 588 g/mol. The summed E-state index contributed by atoms with van der Waals surface area (Å²) in [4.78, 5) is 21.3. The van der Waals surface area contributed by atoms with E-state index in [0.717, 1.165) is 78.1 Å². The molecule has 1 amide bonds. The van der Waals surface area contributed by atoms with Gasteiger partial charge in [-0.2, -0.15) is 0 Å². The van der Waals surface area contributed by atoms with Crippen molar-refractivity contribution < 1.29 is 14.3 Å². The molecule has 3 aromatic heterocycles. The summed E-state index contributed by atoms with van der Waals surface area (Å²) in [5.41, 5.74) is 6.26. The van der Waals surface area contributed by atoms with Crippen LogP contribution in [-0.4, -0.2) is 59.4 Å². The van der Waals surface area contributed by atoms with Gasteiger partial charge >= 0.3 is 0 Å². The Labute approximate surface area is 251 Å². The van der Waals surface area contributed by atoms with Crippen molar-refractivity contribution >= 4 is 28.5 Å². The highest BCUT2D eigenvalue weighted by Gasteiger charge is 2.21. The van der Waals surface area contributed by atoms with E-state index in [-0.39, 0.29) is 11.9 Å². The first-order valence-corrected chi connectivity index (χ1v) is 15.0. The van der Waals surface area contributed by atoms with Crippen molar-refractivity contribution in [1.82, 2.24) is 30.5 Å². The quantitative estimate of drug-likeness (QED) is 0.235. The van der Waals surface area contributed by atoms with Crippen molar-refractivity contribution in [2.45, 2.75) is 50.9 Å². The second kappa shape index (κ2) is 12.8. The third-order valence-electron chi connectivity index (χ3n) is 8.09. The molecule has 0 spiro atoms. The second-order valence-corrected chi connectivity index (χ2v) is 11.4. The highest BCUT2D eigenvalue weighted by Crippen LogP contribution is 2.37. The molecular weight excluding hydrogens is 552 g/mol. The molecule has 2 aliphatic rings. The van der Waals surface area contributed by atoms with E-state index in [9.17, 15) is 4.79 Å². The molecule has 2 aliphatic heterocycles. The summed E-state index contributed by atoms with van der Waals surface area (Å²) in [7, 11) is 3.65. The number of ether oxygens (including phenoxy) is 2. The van der Waals surface area contributed by atoms with Crippen LogP contribution in [0, 0.1) is 0 Å². The Hall–Kier alpha value is -3.50. The van der Waals surface area contributed by atoms with E-state index in [1.807, 2.05) is 43.4 Å². The van der Waals surface area contributed by atoms with Crippen molar-refractivity contribution in [2.24, 2.45) is 7.05 Å². The first-order chi connectivity index (χ1) is 20.5. The standard InChI is InChI=1S/C32H37ClN6O3/c1-39-19-21(16-35-18-23-5-4-14-42-23)24-10-12-27(37-31(24)39)25-6-3-7-26(30(25)33)28-11-8-20(32(38-28)41-2)15-34-17-22-9-13-29(40)36-22/h3,6-8,10-12,19,22-23,34-35H,4-5,9,13-18H2,1-2H3,(H,36,40)/t22-,23-/m0/s1. The molecule has 2 saturated heterocycles. The van der Waals surface area contributed by atoms with Gasteiger partial charge in [0.05, 0.1) is 29.6 Å². The Kier molecular flexibility index (Phi) is 8.71. The van der Waals surface area contributed by atoms with Gasteiger partial charge in [-0.15, -0.1) is 0 Å². The number of nitrogens with zero attached hydrogens (tertiary/aromatic N) is 3. The molecule has 0 saturated carbocycles. The largest absolute Gasteiger partial charge is 0.481 e. The van der Waals surface area contributed by atoms with E-state index in [1.165, 1.54) is 5.56 Å². The molecule has 4 aromatic rings. The van der Waals surface area contributed by atoms with Crippen LogP contribution in [0.1, 0.15) is 36.8 Å². The van der Waals surface area contributed by atoms with Gasteiger partial charge in [-0.05, 0) is 43.0 Å². The zero-order valence-corrected chi connectivity index (χ0v) is 24.8. The van der Waals surface area contributed by atoms with Gasteiger partial charge in [-0.25, -0.2) is 9.97 Å². The Balaban J connectivity index is 1.19. The van der Waals surface area contributed by atoms with E-state index in [2.05, 4.69) is 32.8 Å². The summed E-state index contributed by atoms with van der Waals surface area (Å²) in [6.45, 7) is 3.79. The average molecular weight is 589 g/mol. The third-order valence-corrected chi connectivity index (χ3v) is 8.50. The molecule has 3 N–H and O–H groups in total. The van der Waals surface area contributed by atoms with Crippen LogP contribution in [-0.2, 0) is 29.7 Å². The van der Waals surface area contributed by atoms with Gasteiger partial charge < -0.3 is 30.0 Å². The van der Waals surface area contributed by atoms with Crippen LogP contribution in [0.2, 0.25) is 5.02 Å². The van der Waals surface area contributed by atoms with Gasteiger partial charge in [0.15, 0.2) is 0 Å². The first kappa shape index (κ1) is 28.6. The fourth-order valence-corrected chi connectivity index (χ4v) is 6.19. The van der Waals surface area contributed by atoms with Crippen molar-refractivity contribution in [3.05, 3.63) is 64.8 Å². The van der Waals surface area contributed by atoms with Crippen molar-refractivity contribution in [3.63, 3.8) is 0 Å². The molecular formula is C32H37ClN6O3. The molecule has 42 heavy (non-hydrogen) atoms. The summed E-state index contributed by atoms with van der Waals surface area (Å²) >= 11 is 7.01. The Morgan fingerprint density at radius 3 is 2.52 bits per heavy atom. The van der Waals surface area contributed by atoms with E-state index in [0.29, 0.717) is 36.5 Å². The van der Waals surface area contributed by atoms with Gasteiger partial charge in [-0.1, -0.05) is 35.9 Å². The van der Waals surface area contributed by atoms with Crippen LogP contribution in [0.15, 0.2) is 48.7 Å². The number of aryl methyl sites for hydroxylation is 1. The number of carbonyl (C=O) groups is 1. The van der Waals surface area contributed by atoms with E-state index in [1.54, 1.807) is 7.11 Å². The van der Waals surface area contributed by atoms with Crippen LogP contribution in [0.5, 0.6) is 5.88 Å². The van der Waals surface area contributed by atoms with E-state index < -0.39 is 0 Å². The van der Waals surface area contributed by atoms with Gasteiger partial charge in [-0.3, -0.25) is 4.79 Å². The smallest absolute Gasteiger partial charge is 0.220 e. The van der Waals surface area contributed by atoms with Crippen molar-refractivity contribution in [2.75, 3.05) is 26.8 Å². The second-order valence-electron chi connectivity index (χ2n) is 11.1. The lowest BCUT2D eigenvalue weighted by atomic mass is 10.0. The molecule has 0 radical (unpaired) electrons. The maximum absolute atomic E-state index is 11.5. The predicted octanol–water partition coefficient (Wildman–Crippen LogP) is 4.60. The lowest BCUT2D eigenvalue weighted by Gasteiger charge is -2.14. The summed E-state index contributed by atoms with van der Waals surface area (Å²) in [5, 5.41) is 11.6. The summed E-state index contributed by atoms with van der Waals surface area (Å²) in [6.07, 6.45) is 6.17. The third kappa shape index (κ3) is 6.15. The Morgan fingerprint density at radius 2 is 1.79 bits per heavy atom. The summed E-state index contributed by atoms with van der Waals surface area (Å²) < 4.78 is 13.4. The maximum Gasteiger partial charge on any atom is 0.220 e. The molecule has 1 aromatic carbocycles.